The van der Waals surface area contributed by atoms with Crippen molar-refractivity contribution in [2.45, 2.75) is 13.3 Å². The first-order valence-corrected chi connectivity index (χ1v) is 7.24. The van der Waals surface area contributed by atoms with Crippen molar-refractivity contribution in [2.24, 2.45) is 0 Å². The maximum Gasteiger partial charge on any atom is 0.513 e. The van der Waals surface area contributed by atoms with Crippen molar-refractivity contribution in [2.75, 3.05) is 6.61 Å². The number of carbonyl (C=O) groups excluding carboxylic acids is 1. The molecule has 0 heterocycles. The van der Waals surface area contributed by atoms with Gasteiger partial charge in [0.2, 0.25) is 0 Å². The number of ether oxygens (including phenoxy) is 2. The molecule has 5 heteroatoms. The summed E-state index contributed by atoms with van der Waals surface area (Å²) in [5.74, 6) is -0.692. The van der Waals surface area contributed by atoms with Gasteiger partial charge in [-0.1, -0.05) is 13.0 Å². The van der Waals surface area contributed by atoms with Crippen LogP contribution >= 0.6 is 0 Å². The van der Waals surface area contributed by atoms with Crippen LogP contribution in [0.4, 0.5) is 13.6 Å². The van der Waals surface area contributed by atoms with E-state index in [1.54, 1.807) is 12.1 Å². The lowest BCUT2D eigenvalue weighted by Gasteiger charge is -2.12. The van der Waals surface area contributed by atoms with Gasteiger partial charge >= 0.3 is 6.16 Å². The third-order valence-corrected chi connectivity index (χ3v) is 3.44. The molecule has 0 fully saturated rings. The first-order chi connectivity index (χ1) is 11.1. The lowest BCUT2D eigenvalue weighted by molar-refractivity contribution is 0.100. The normalized spacial score (nSPS) is 10.9. The van der Waals surface area contributed by atoms with E-state index in [4.69, 9.17) is 9.47 Å². The van der Waals surface area contributed by atoms with Gasteiger partial charge in [-0.3, -0.25) is 0 Å². The van der Waals surface area contributed by atoms with Gasteiger partial charge in [-0.2, -0.15) is 0 Å². The van der Waals surface area contributed by atoms with Crippen LogP contribution in [0.2, 0.25) is 0 Å². The zero-order valence-corrected chi connectivity index (χ0v) is 12.4. The molecule has 0 atom stereocenters. The number of hydrogen-bond donors (Lipinski definition) is 0. The van der Waals surface area contributed by atoms with Crippen molar-refractivity contribution in [1.82, 2.24) is 0 Å². The number of rotatable bonds is 3. The molecule has 3 nitrogen and oxygen atoms in total. The average Bonchev–Trinajstić information content (AvgIpc) is 2.53. The number of fused-ring (bicyclic) bond motifs is 2. The van der Waals surface area contributed by atoms with E-state index in [0.717, 1.165) is 0 Å². The van der Waals surface area contributed by atoms with Crippen LogP contribution in [0.3, 0.4) is 0 Å². The van der Waals surface area contributed by atoms with Gasteiger partial charge in [0.05, 0.1) is 6.61 Å². The van der Waals surface area contributed by atoms with Crippen LogP contribution in [0.15, 0.2) is 42.5 Å². The Labute approximate surface area is 131 Å². The second-order valence-electron chi connectivity index (χ2n) is 5.14. The molecule has 0 aliphatic heterocycles. The van der Waals surface area contributed by atoms with E-state index in [9.17, 15) is 13.6 Å². The van der Waals surface area contributed by atoms with E-state index in [1.807, 2.05) is 6.92 Å². The molecule has 3 aromatic carbocycles. The number of benzene rings is 3. The lowest BCUT2D eigenvalue weighted by Crippen LogP contribution is -2.11. The van der Waals surface area contributed by atoms with Crippen molar-refractivity contribution < 1.29 is 23.0 Å². The topological polar surface area (TPSA) is 35.5 Å². The zero-order valence-electron chi connectivity index (χ0n) is 12.4. The minimum Gasteiger partial charge on any atom is -0.434 e. The summed E-state index contributed by atoms with van der Waals surface area (Å²) >= 11 is 0. The fraction of sp³-hybridized carbons (Fsp3) is 0.167. The summed E-state index contributed by atoms with van der Waals surface area (Å²) in [4.78, 5) is 11.8. The second kappa shape index (κ2) is 6.20. The van der Waals surface area contributed by atoms with Crippen molar-refractivity contribution in [3.63, 3.8) is 0 Å². The molecule has 0 saturated carbocycles. The van der Waals surface area contributed by atoms with E-state index >= 15 is 0 Å². The lowest BCUT2D eigenvalue weighted by atomic mass is 10.0. The molecule has 3 rings (SSSR count). The largest absolute Gasteiger partial charge is 0.513 e. The molecule has 0 bridgehead atoms. The maximum atomic E-state index is 13.6. The van der Waals surface area contributed by atoms with Crippen LogP contribution in [-0.2, 0) is 4.74 Å². The van der Waals surface area contributed by atoms with E-state index in [-0.39, 0.29) is 12.4 Å². The summed E-state index contributed by atoms with van der Waals surface area (Å²) in [5.41, 5.74) is 0. The smallest absolute Gasteiger partial charge is 0.434 e. The molecule has 0 aromatic heterocycles. The highest BCUT2D eigenvalue weighted by molar-refractivity contribution is 6.06. The summed E-state index contributed by atoms with van der Waals surface area (Å²) in [6, 6.07) is 9.95. The Morgan fingerprint density at radius 1 is 0.957 bits per heavy atom. The number of halogens is 2. The van der Waals surface area contributed by atoms with E-state index < -0.39 is 17.8 Å². The Morgan fingerprint density at radius 2 is 1.70 bits per heavy atom. The van der Waals surface area contributed by atoms with Gasteiger partial charge in [0.25, 0.3) is 0 Å². The molecule has 0 amide bonds. The third-order valence-electron chi connectivity index (χ3n) is 3.44. The standard InChI is InChI=1S/C18H14F2O3/c1-2-7-22-18(21)23-17-15-6-5-13(19)9-12(15)8-11-3-4-14(20)10-16(11)17/h3-6,8-10H,2,7H2,1H3. The maximum absolute atomic E-state index is 13.6. The highest BCUT2D eigenvalue weighted by atomic mass is 19.1. The van der Waals surface area contributed by atoms with E-state index in [1.165, 1.54) is 30.3 Å². The van der Waals surface area contributed by atoms with Gasteiger partial charge in [0, 0.05) is 10.8 Å². The Kier molecular flexibility index (Phi) is 4.10. The molecule has 0 aliphatic carbocycles. The first kappa shape index (κ1) is 15.2. The highest BCUT2D eigenvalue weighted by Gasteiger charge is 2.15. The summed E-state index contributed by atoms with van der Waals surface area (Å²) in [7, 11) is 0. The molecule has 118 valence electrons. The predicted octanol–water partition coefficient (Wildman–Crippen LogP) is 5.20. The summed E-state index contributed by atoms with van der Waals surface area (Å²) in [6.07, 6.45) is -0.208. The van der Waals surface area contributed by atoms with Gasteiger partial charge in [0.15, 0.2) is 0 Å². The Hall–Kier alpha value is -2.69. The van der Waals surface area contributed by atoms with Gasteiger partial charge in [-0.25, -0.2) is 13.6 Å². The minimum absolute atomic E-state index is 0.165. The van der Waals surface area contributed by atoms with Crippen LogP contribution in [-0.4, -0.2) is 12.8 Å². The van der Waals surface area contributed by atoms with Crippen molar-refractivity contribution in [3.05, 3.63) is 54.1 Å². The molecule has 3 aromatic rings. The molecule has 0 saturated heterocycles. The molecular weight excluding hydrogens is 302 g/mol. The van der Waals surface area contributed by atoms with Gasteiger partial charge in [-0.05, 0) is 53.6 Å². The predicted molar refractivity (Wildman–Crippen MR) is 83.6 cm³/mol. The van der Waals surface area contributed by atoms with Gasteiger partial charge in [0.1, 0.15) is 17.4 Å². The van der Waals surface area contributed by atoms with Crippen molar-refractivity contribution >= 4 is 27.7 Å². The van der Waals surface area contributed by atoms with Gasteiger partial charge < -0.3 is 9.47 Å². The SMILES string of the molecule is CCCOC(=O)Oc1c2ccc(F)cc2cc2ccc(F)cc12. The van der Waals surface area contributed by atoms with Crippen molar-refractivity contribution in [1.29, 1.82) is 0 Å². The first-order valence-electron chi connectivity index (χ1n) is 7.24. The summed E-state index contributed by atoms with van der Waals surface area (Å²) in [5, 5.41) is 2.14. The molecule has 0 aliphatic rings. The zero-order chi connectivity index (χ0) is 16.4. The number of carbonyl (C=O) groups is 1. The van der Waals surface area contributed by atoms with Crippen molar-refractivity contribution in [3.8, 4) is 5.75 Å². The van der Waals surface area contributed by atoms with E-state index in [2.05, 4.69) is 0 Å². The molecule has 23 heavy (non-hydrogen) atoms. The van der Waals surface area contributed by atoms with Gasteiger partial charge in [-0.15, -0.1) is 0 Å². The van der Waals surface area contributed by atoms with Crippen LogP contribution in [0.1, 0.15) is 13.3 Å². The Morgan fingerprint density at radius 3 is 2.48 bits per heavy atom. The van der Waals surface area contributed by atoms with E-state index in [0.29, 0.717) is 28.0 Å². The second-order valence-corrected chi connectivity index (χ2v) is 5.14. The fourth-order valence-electron chi connectivity index (χ4n) is 2.43. The molecule has 0 radical (unpaired) electrons. The quantitative estimate of drug-likeness (QED) is 0.378. The molecular formula is C18H14F2O3. The molecule has 0 unspecified atom stereocenters. The average molecular weight is 316 g/mol. The highest BCUT2D eigenvalue weighted by Crippen LogP contribution is 2.36. The molecule has 0 spiro atoms. The van der Waals surface area contributed by atoms with Crippen LogP contribution < -0.4 is 4.74 Å². The Balaban J connectivity index is 2.20. The Bertz CT molecular complexity index is 890. The number of hydrogen-bond acceptors (Lipinski definition) is 3. The summed E-state index contributed by atoms with van der Waals surface area (Å²) < 4.78 is 37.3. The van der Waals surface area contributed by atoms with Crippen LogP contribution in [0.5, 0.6) is 5.75 Å². The summed E-state index contributed by atoms with van der Waals surface area (Å²) in [6.45, 7) is 2.09. The van der Waals surface area contributed by atoms with Crippen LogP contribution in [0.25, 0.3) is 21.5 Å². The fourth-order valence-corrected chi connectivity index (χ4v) is 2.43. The third kappa shape index (κ3) is 3.08. The molecule has 0 N–H and O–H groups in total. The minimum atomic E-state index is -0.866. The van der Waals surface area contributed by atoms with Crippen LogP contribution in [0, 0.1) is 11.6 Å². The monoisotopic (exact) mass is 316 g/mol.